The van der Waals surface area contributed by atoms with E-state index in [1.807, 2.05) is 24.3 Å². The molecule has 0 N–H and O–H groups in total. The average Bonchev–Trinajstić information content (AvgIpc) is 2.41. The molecule has 0 atom stereocenters. The Balaban J connectivity index is 2.16. The summed E-state index contributed by atoms with van der Waals surface area (Å²) in [4.78, 5) is 11.8. The maximum absolute atomic E-state index is 11.8. The second kappa shape index (κ2) is 5.85. The lowest BCUT2D eigenvalue weighted by Crippen LogP contribution is -1.92. The van der Waals surface area contributed by atoms with Crippen LogP contribution in [0.3, 0.4) is 0 Å². The third kappa shape index (κ3) is 3.22. The maximum Gasteiger partial charge on any atom is 0.185 e. The molecule has 0 fully saturated rings. The van der Waals surface area contributed by atoms with E-state index in [-0.39, 0.29) is 5.78 Å². The lowest BCUT2D eigenvalue weighted by molar-refractivity contribution is 0.104. The SMILES string of the molecule is O=C(/C=C\c1ccc(Cl)c(Cl)c1)c1ccccc1. The Morgan fingerprint density at radius 3 is 2.33 bits per heavy atom. The van der Waals surface area contributed by atoms with Crippen molar-refractivity contribution in [3.63, 3.8) is 0 Å². The summed E-state index contributed by atoms with van der Waals surface area (Å²) < 4.78 is 0. The van der Waals surface area contributed by atoms with Gasteiger partial charge in [0.25, 0.3) is 0 Å². The topological polar surface area (TPSA) is 17.1 Å². The molecule has 2 rings (SSSR count). The summed E-state index contributed by atoms with van der Waals surface area (Å²) in [7, 11) is 0. The van der Waals surface area contributed by atoms with Crippen LogP contribution in [0, 0.1) is 0 Å². The van der Waals surface area contributed by atoms with Crippen LogP contribution in [-0.2, 0) is 0 Å². The molecule has 0 unspecified atom stereocenters. The standard InChI is InChI=1S/C15H10Cl2O/c16-13-8-6-11(10-14(13)17)7-9-15(18)12-4-2-1-3-5-12/h1-10H/b9-7-. The first-order valence-electron chi connectivity index (χ1n) is 5.39. The van der Waals surface area contributed by atoms with Crippen LogP contribution in [0.1, 0.15) is 15.9 Å². The van der Waals surface area contributed by atoms with E-state index in [2.05, 4.69) is 0 Å². The molecule has 0 aliphatic rings. The van der Waals surface area contributed by atoms with Gasteiger partial charge in [0, 0.05) is 5.56 Å². The first kappa shape index (κ1) is 12.9. The van der Waals surface area contributed by atoms with Gasteiger partial charge in [-0.15, -0.1) is 0 Å². The first-order chi connectivity index (χ1) is 8.66. The van der Waals surface area contributed by atoms with Crippen molar-refractivity contribution in [2.75, 3.05) is 0 Å². The highest BCUT2D eigenvalue weighted by Crippen LogP contribution is 2.23. The van der Waals surface area contributed by atoms with Gasteiger partial charge in [0.05, 0.1) is 10.0 Å². The Morgan fingerprint density at radius 1 is 0.944 bits per heavy atom. The molecule has 0 saturated heterocycles. The third-order valence-corrected chi connectivity index (χ3v) is 3.17. The highest BCUT2D eigenvalue weighted by Gasteiger charge is 2.00. The van der Waals surface area contributed by atoms with Crippen LogP contribution >= 0.6 is 23.2 Å². The van der Waals surface area contributed by atoms with Gasteiger partial charge in [-0.1, -0.05) is 65.7 Å². The quantitative estimate of drug-likeness (QED) is 0.576. The van der Waals surface area contributed by atoms with Gasteiger partial charge in [0.15, 0.2) is 5.78 Å². The van der Waals surface area contributed by atoms with Crippen LogP contribution in [0.4, 0.5) is 0 Å². The summed E-state index contributed by atoms with van der Waals surface area (Å²) in [5.74, 6) is -0.0401. The summed E-state index contributed by atoms with van der Waals surface area (Å²) in [6, 6.07) is 14.3. The molecule has 0 aliphatic heterocycles. The molecule has 90 valence electrons. The van der Waals surface area contributed by atoms with Gasteiger partial charge in [-0.05, 0) is 23.8 Å². The predicted molar refractivity (Wildman–Crippen MR) is 76.3 cm³/mol. The Labute approximate surface area is 116 Å². The van der Waals surface area contributed by atoms with Crippen LogP contribution in [0.15, 0.2) is 54.6 Å². The highest BCUT2D eigenvalue weighted by molar-refractivity contribution is 6.42. The summed E-state index contributed by atoms with van der Waals surface area (Å²) in [6.45, 7) is 0. The van der Waals surface area contributed by atoms with Gasteiger partial charge in [-0.2, -0.15) is 0 Å². The van der Waals surface area contributed by atoms with Crippen LogP contribution in [0.5, 0.6) is 0 Å². The first-order valence-corrected chi connectivity index (χ1v) is 6.15. The number of hydrogen-bond acceptors (Lipinski definition) is 1. The Hall–Kier alpha value is -1.57. The van der Waals surface area contributed by atoms with E-state index >= 15 is 0 Å². The van der Waals surface area contributed by atoms with Gasteiger partial charge in [-0.25, -0.2) is 0 Å². The molecule has 1 nitrogen and oxygen atoms in total. The van der Waals surface area contributed by atoms with Crippen molar-refractivity contribution in [3.05, 3.63) is 75.8 Å². The fourth-order valence-corrected chi connectivity index (χ4v) is 1.79. The molecule has 18 heavy (non-hydrogen) atoms. The van der Waals surface area contributed by atoms with Crippen LogP contribution in [0.2, 0.25) is 10.0 Å². The fourth-order valence-electron chi connectivity index (χ4n) is 1.49. The van der Waals surface area contributed by atoms with E-state index in [4.69, 9.17) is 23.2 Å². The minimum absolute atomic E-state index is 0.0401. The van der Waals surface area contributed by atoms with Crippen LogP contribution in [-0.4, -0.2) is 5.78 Å². The zero-order valence-corrected chi connectivity index (χ0v) is 10.9. The maximum atomic E-state index is 11.8. The molecule has 0 saturated carbocycles. The van der Waals surface area contributed by atoms with Gasteiger partial charge >= 0.3 is 0 Å². The number of halogens is 2. The third-order valence-electron chi connectivity index (χ3n) is 2.43. The number of carbonyl (C=O) groups excluding carboxylic acids is 1. The van der Waals surface area contributed by atoms with E-state index in [9.17, 15) is 4.79 Å². The van der Waals surface area contributed by atoms with Crippen molar-refractivity contribution >= 4 is 35.1 Å². The predicted octanol–water partition coefficient (Wildman–Crippen LogP) is 4.89. The molecule has 2 aromatic carbocycles. The molecule has 0 aromatic heterocycles. The smallest absolute Gasteiger partial charge is 0.185 e. The molecule has 0 heterocycles. The fraction of sp³-hybridized carbons (Fsp3) is 0. The summed E-state index contributed by atoms with van der Waals surface area (Å²) in [5.41, 5.74) is 1.50. The summed E-state index contributed by atoms with van der Waals surface area (Å²) >= 11 is 11.7. The average molecular weight is 277 g/mol. The molecule has 0 radical (unpaired) electrons. The lowest BCUT2D eigenvalue weighted by Gasteiger charge is -1.98. The number of benzene rings is 2. The minimum atomic E-state index is -0.0401. The van der Waals surface area contributed by atoms with Gasteiger partial charge in [0.2, 0.25) is 0 Å². The number of carbonyl (C=O) groups is 1. The Kier molecular flexibility index (Phi) is 4.19. The van der Waals surface area contributed by atoms with Gasteiger partial charge in [-0.3, -0.25) is 4.79 Å². The van der Waals surface area contributed by atoms with Gasteiger partial charge < -0.3 is 0 Å². The number of hydrogen-bond donors (Lipinski definition) is 0. The number of ketones is 1. The minimum Gasteiger partial charge on any atom is -0.289 e. The largest absolute Gasteiger partial charge is 0.289 e. The zero-order valence-electron chi connectivity index (χ0n) is 9.44. The monoisotopic (exact) mass is 276 g/mol. The number of rotatable bonds is 3. The zero-order chi connectivity index (χ0) is 13.0. The van der Waals surface area contributed by atoms with Crippen molar-refractivity contribution in [1.29, 1.82) is 0 Å². The molecule has 0 aliphatic carbocycles. The molecule has 0 spiro atoms. The molecular formula is C15H10Cl2O. The summed E-state index contributed by atoms with van der Waals surface area (Å²) in [5, 5.41) is 0.981. The van der Waals surface area contributed by atoms with E-state index < -0.39 is 0 Å². The molecule has 0 bridgehead atoms. The van der Waals surface area contributed by atoms with Crippen molar-refractivity contribution in [3.8, 4) is 0 Å². The van der Waals surface area contributed by atoms with Crippen LogP contribution in [0.25, 0.3) is 6.08 Å². The molecule has 0 amide bonds. The lowest BCUT2D eigenvalue weighted by atomic mass is 10.1. The van der Waals surface area contributed by atoms with E-state index in [0.717, 1.165) is 5.56 Å². The van der Waals surface area contributed by atoms with Crippen LogP contribution < -0.4 is 0 Å². The van der Waals surface area contributed by atoms with E-state index in [0.29, 0.717) is 15.6 Å². The van der Waals surface area contributed by atoms with Crippen molar-refractivity contribution in [2.45, 2.75) is 0 Å². The highest BCUT2D eigenvalue weighted by atomic mass is 35.5. The van der Waals surface area contributed by atoms with E-state index in [1.165, 1.54) is 6.08 Å². The second-order valence-corrected chi connectivity index (χ2v) is 4.55. The normalized spacial score (nSPS) is 10.8. The van der Waals surface area contributed by atoms with E-state index in [1.54, 1.807) is 30.3 Å². The number of allylic oxidation sites excluding steroid dienone is 1. The molecule has 2 aromatic rings. The second-order valence-electron chi connectivity index (χ2n) is 3.74. The Morgan fingerprint density at radius 2 is 1.67 bits per heavy atom. The van der Waals surface area contributed by atoms with Crippen molar-refractivity contribution in [2.24, 2.45) is 0 Å². The van der Waals surface area contributed by atoms with Crippen molar-refractivity contribution in [1.82, 2.24) is 0 Å². The van der Waals surface area contributed by atoms with Gasteiger partial charge in [0.1, 0.15) is 0 Å². The molecular weight excluding hydrogens is 267 g/mol. The Bertz CT molecular complexity index is 589. The molecule has 3 heteroatoms. The summed E-state index contributed by atoms with van der Waals surface area (Å²) in [6.07, 6.45) is 3.24. The van der Waals surface area contributed by atoms with Crippen molar-refractivity contribution < 1.29 is 4.79 Å².